The smallest absolute Gasteiger partial charge is 0.165 e. The molecule has 3 heteroatoms. The van der Waals surface area contributed by atoms with E-state index in [4.69, 9.17) is 4.98 Å². The third-order valence-electron chi connectivity index (χ3n) is 10.8. The number of imidazole rings is 1. The molecule has 0 unspecified atom stereocenters. The summed E-state index contributed by atoms with van der Waals surface area (Å²) in [4.78, 5) is 5.52. The molecule has 0 atom stereocenters. The van der Waals surface area contributed by atoms with Crippen molar-refractivity contribution in [3.8, 4) is 16.8 Å². The van der Waals surface area contributed by atoms with Crippen molar-refractivity contribution < 1.29 is 0 Å². The summed E-state index contributed by atoms with van der Waals surface area (Å²) in [5.74, 6) is 0. The second-order valence-corrected chi connectivity index (χ2v) is 13.1. The standard InChI is InChI=1S/C46H29N3/c1-3-15-30(16-4-1)46(31-17-5-2-6-18-31)39-24-12-9-20-34(39)35-28-27-32(29-40(35)46)48-42-26-14-11-23-38(42)43-45(48)47-44-37-22-8-7-19-33(37)36-21-10-13-25-41(36)49(43)44/h1-29H. The first kappa shape index (κ1) is 26.6. The highest BCUT2D eigenvalue weighted by molar-refractivity contribution is 6.17. The SMILES string of the molecule is c1ccc(C2(c3ccccc3)c3ccccc3-c3ccc(-n4c5ccccc5c5c4nc4c6ccccc6c6ccccc6n45)cc32)cc1. The lowest BCUT2D eigenvalue weighted by Crippen LogP contribution is -2.28. The number of pyridine rings is 1. The van der Waals surface area contributed by atoms with Gasteiger partial charge in [-0.1, -0.05) is 152 Å². The van der Waals surface area contributed by atoms with Crippen molar-refractivity contribution in [2.45, 2.75) is 5.41 Å². The van der Waals surface area contributed by atoms with Gasteiger partial charge in [-0.05, 0) is 63.0 Å². The Kier molecular flexibility index (Phi) is 5.31. The van der Waals surface area contributed by atoms with E-state index in [0.29, 0.717) is 0 Å². The maximum atomic E-state index is 5.52. The number of rotatable bonds is 3. The van der Waals surface area contributed by atoms with Gasteiger partial charge in [-0.2, -0.15) is 0 Å². The molecule has 0 spiro atoms. The topological polar surface area (TPSA) is 22.2 Å². The van der Waals surface area contributed by atoms with Gasteiger partial charge >= 0.3 is 0 Å². The minimum Gasteiger partial charge on any atom is -0.293 e. The molecule has 10 aromatic rings. The first-order valence-corrected chi connectivity index (χ1v) is 16.9. The van der Waals surface area contributed by atoms with Gasteiger partial charge in [-0.3, -0.25) is 8.97 Å². The minimum absolute atomic E-state index is 0.474. The number of para-hydroxylation sites is 2. The van der Waals surface area contributed by atoms with Gasteiger partial charge in [-0.25, -0.2) is 4.98 Å². The maximum Gasteiger partial charge on any atom is 0.165 e. The summed E-state index contributed by atoms with van der Waals surface area (Å²) < 4.78 is 4.76. The summed E-state index contributed by atoms with van der Waals surface area (Å²) in [6.07, 6.45) is 0. The number of fused-ring (bicyclic) bond motifs is 13. The van der Waals surface area contributed by atoms with Crippen LogP contribution in [0.25, 0.3) is 66.2 Å². The molecule has 1 aliphatic carbocycles. The van der Waals surface area contributed by atoms with Crippen molar-refractivity contribution in [2.75, 3.05) is 0 Å². The lowest BCUT2D eigenvalue weighted by molar-refractivity contribution is 0.767. The second kappa shape index (κ2) is 9.79. The predicted octanol–water partition coefficient (Wildman–Crippen LogP) is 11.1. The Bertz CT molecular complexity index is 2890. The van der Waals surface area contributed by atoms with Crippen molar-refractivity contribution in [1.29, 1.82) is 0 Å². The van der Waals surface area contributed by atoms with E-state index in [-0.39, 0.29) is 0 Å². The summed E-state index contributed by atoms with van der Waals surface area (Å²) in [6, 6.07) is 64.2. The van der Waals surface area contributed by atoms with Crippen LogP contribution in [0.2, 0.25) is 0 Å². The van der Waals surface area contributed by atoms with E-state index in [0.717, 1.165) is 38.9 Å². The van der Waals surface area contributed by atoms with E-state index in [1.54, 1.807) is 0 Å². The molecule has 0 fully saturated rings. The van der Waals surface area contributed by atoms with Crippen molar-refractivity contribution in [2.24, 2.45) is 0 Å². The molecule has 3 heterocycles. The molecular formula is C46H29N3. The Hall–Kier alpha value is -6.45. The third kappa shape index (κ3) is 3.39. The highest BCUT2D eigenvalue weighted by Gasteiger charge is 2.46. The lowest BCUT2D eigenvalue weighted by Gasteiger charge is -2.34. The van der Waals surface area contributed by atoms with Crippen LogP contribution in [0, 0.1) is 0 Å². The first-order valence-electron chi connectivity index (χ1n) is 16.9. The summed E-state index contributed by atoms with van der Waals surface area (Å²) in [5.41, 5.74) is 13.7. The molecule has 0 saturated heterocycles. The molecule has 0 bridgehead atoms. The normalized spacial score (nSPS) is 13.5. The van der Waals surface area contributed by atoms with Crippen molar-refractivity contribution in [3.05, 3.63) is 198 Å². The highest BCUT2D eigenvalue weighted by Crippen LogP contribution is 2.56. The van der Waals surface area contributed by atoms with Gasteiger partial charge in [0.2, 0.25) is 0 Å². The van der Waals surface area contributed by atoms with Crippen LogP contribution in [0.4, 0.5) is 0 Å². The molecule has 3 aromatic heterocycles. The monoisotopic (exact) mass is 623 g/mol. The molecule has 0 aliphatic heterocycles. The first-order chi connectivity index (χ1) is 24.3. The molecule has 7 aromatic carbocycles. The van der Waals surface area contributed by atoms with Crippen molar-refractivity contribution >= 4 is 49.4 Å². The average molecular weight is 624 g/mol. The van der Waals surface area contributed by atoms with Crippen LogP contribution in [-0.2, 0) is 5.41 Å². The molecule has 49 heavy (non-hydrogen) atoms. The number of aromatic nitrogens is 3. The van der Waals surface area contributed by atoms with Crippen LogP contribution in [0.3, 0.4) is 0 Å². The zero-order valence-electron chi connectivity index (χ0n) is 26.6. The molecule has 0 N–H and O–H groups in total. The van der Waals surface area contributed by atoms with Crippen LogP contribution in [0.15, 0.2) is 176 Å². The molecule has 1 aliphatic rings. The zero-order chi connectivity index (χ0) is 32.1. The number of nitrogens with zero attached hydrogens (tertiary/aromatic N) is 3. The van der Waals surface area contributed by atoms with E-state index in [1.807, 2.05) is 0 Å². The lowest BCUT2D eigenvalue weighted by atomic mass is 9.67. The van der Waals surface area contributed by atoms with E-state index in [1.165, 1.54) is 49.5 Å². The average Bonchev–Trinajstić information content (AvgIpc) is 3.81. The molecule has 11 rings (SSSR count). The molecule has 228 valence electrons. The molecule has 0 saturated carbocycles. The van der Waals surface area contributed by atoms with Crippen LogP contribution in [0.5, 0.6) is 0 Å². The van der Waals surface area contributed by atoms with Gasteiger partial charge < -0.3 is 0 Å². The van der Waals surface area contributed by atoms with Crippen LogP contribution >= 0.6 is 0 Å². The van der Waals surface area contributed by atoms with Crippen molar-refractivity contribution in [3.63, 3.8) is 0 Å². The molecule has 3 nitrogen and oxygen atoms in total. The largest absolute Gasteiger partial charge is 0.293 e. The molecule has 0 amide bonds. The van der Waals surface area contributed by atoms with Crippen LogP contribution in [-0.4, -0.2) is 14.0 Å². The summed E-state index contributed by atoms with van der Waals surface area (Å²) >= 11 is 0. The minimum atomic E-state index is -0.474. The number of benzene rings is 7. The summed E-state index contributed by atoms with van der Waals surface area (Å²) in [6.45, 7) is 0. The summed E-state index contributed by atoms with van der Waals surface area (Å²) in [5, 5.41) is 4.80. The van der Waals surface area contributed by atoms with Gasteiger partial charge in [0.1, 0.15) is 11.2 Å². The van der Waals surface area contributed by atoms with Gasteiger partial charge in [0.05, 0.1) is 16.4 Å². The Morgan fingerprint density at radius 1 is 0.408 bits per heavy atom. The zero-order valence-corrected chi connectivity index (χ0v) is 26.6. The van der Waals surface area contributed by atoms with Gasteiger partial charge in [0.25, 0.3) is 0 Å². The van der Waals surface area contributed by atoms with Gasteiger partial charge in [0.15, 0.2) is 5.65 Å². The number of hydrogen-bond donors (Lipinski definition) is 0. The van der Waals surface area contributed by atoms with E-state index in [2.05, 4.69) is 185 Å². The third-order valence-corrected chi connectivity index (χ3v) is 10.8. The van der Waals surface area contributed by atoms with Crippen LogP contribution < -0.4 is 0 Å². The van der Waals surface area contributed by atoms with Crippen LogP contribution in [0.1, 0.15) is 22.3 Å². The fourth-order valence-electron chi connectivity index (χ4n) is 8.85. The number of hydrogen-bond acceptors (Lipinski definition) is 1. The van der Waals surface area contributed by atoms with Gasteiger partial charge in [-0.15, -0.1) is 0 Å². The summed E-state index contributed by atoms with van der Waals surface area (Å²) in [7, 11) is 0. The fourth-order valence-corrected chi connectivity index (χ4v) is 8.85. The van der Waals surface area contributed by atoms with Gasteiger partial charge in [0, 0.05) is 21.8 Å². The van der Waals surface area contributed by atoms with Crippen molar-refractivity contribution in [1.82, 2.24) is 14.0 Å². The highest BCUT2D eigenvalue weighted by atomic mass is 15.1. The quantitative estimate of drug-likeness (QED) is 0.180. The molecular weight excluding hydrogens is 595 g/mol. The van der Waals surface area contributed by atoms with E-state index in [9.17, 15) is 0 Å². The van der Waals surface area contributed by atoms with E-state index < -0.39 is 5.41 Å². The fraction of sp³-hybridized carbons (Fsp3) is 0.0217. The Balaban J connectivity index is 1.29. The maximum absolute atomic E-state index is 5.52. The molecule has 0 radical (unpaired) electrons. The Morgan fingerprint density at radius 2 is 0.980 bits per heavy atom. The Morgan fingerprint density at radius 3 is 1.73 bits per heavy atom. The predicted molar refractivity (Wildman–Crippen MR) is 202 cm³/mol. The Labute approximate surface area is 283 Å². The second-order valence-electron chi connectivity index (χ2n) is 13.1. The van der Waals surface area contributed by atoms with E-state index >= 15 is 0 Å².